The maximum Gasteiger partial charge on any atom is 0.213 e. The van der Waals surface area contributed by atoms with E-state index in [1.54, 1.807) is 19.2 Å². The highest BCUT2D eigenvalue weighted by atomic mass is 16.5. The lowest BCUT2D eigenvalue weighted by atomic mass is 9.95. The Morgan fingerprint density at radius 3 is 2.61 bits per heavy atom. The van der Waals surface area contributed by atoms with Crippen molar-refractivity contribution in [3.05, 3.63) is 83.4 Å². The lowest BCUT2D eigenvalue weighted by Crippen LogP contribution is -2.33. The summed E-state index contributed by atoms with van der Waals surface area (Å²) in [5.74, 6) is 2.55. The normalized spacial score (nSPS) is 19.2. The van der Waals surface area contributed by atoms with E-state index < -0.39 is 0 Å². The summed E-state index contributed by atoms with van der Waals surface area (Å²) in [6.45, 7) is 2.59. The van der Waals surface area contributed by atoms with Crippen LogP contribution in [0.3, 0.4) is 0 Å². The molecule has 0 radical (unpaired) electrons. The van der Waals surface area contributed by atoms with Crippen LogP contribution in [0.2, 0.25) is 0 Å². The first-order chi connectivity index (χ1) is 15.2. The molecule has 0 aliphatic carbocycles. The Morgan fingerprint density at radius 2 is 1.84 bits per heavy atom. The van der Waals surface area contributed by atoms with Gasteiger partial charge in [-0.3, -0.25) is 0 Å². The van der Waals surface area contributed by atoms with Crippen molar-refractivity contribution in [1.82, 2.24) is 5.01 Å². The smallest absolute Gasteiger partial charge is 0.213 e. The van der Waals surface area contributed by atoms with Crippen molar-refractivity contribution >= 4 is 5.71 Å². The van der Waals surface area contributed by atoms with Gasteiger partial charge in [-0.2, -0.15) is 5.10 Å². The number of methoxy groups -OCH3 is 1. The highest BCUT2D eigenvalue weighted by molar-refractivity contribution is 6.04. The summed E-state index contributed by atoms with van der Waals surface area (Å²) in [5, 5.41) is 17.4. The number of hydrogen-bond donors (Lipinski definition) is 1. The Labute approximate surface area is 181 Å². The second kappa shape index (κ2) is 7.87. The molecule has 3 aromatic rings. The molecule has 6 heteroatoms. The van der Waals surface area contributed by atoms with Gasteiger partial charge in [0.2, 0.25) is 6.23 Å². The first-order valence-electron chi connectivity index (χ1n) is 10.4. The van der Waals surface area contributed by atoms with Gasteiger partial charge in [0.15, 0.2) is 0 Å². The number of para-hydroxylation sites is 1. The number of benzene rings is 3. The lowest BCUT2D eigenvalue weighted by molar-refractivity contribution is -0.0190. The summed E-state index contributed by atoms with van der Waals surface area (Å²) >= 11 is 0. The zero-order valence-electron chi connectivity index (χ0n) is 17.5. The number of nitrogens with zero attached hydrogens (tertiary/aromatic N) is 2. The van der Waals surface area contributed by atoms with Crippen molar-refractivity contribution in [3.8, 4) is 23.0 Å². The van der Waals surface area contributed by atoms with E-state index >= 15 is 0 Å². The third-order valence-electron chi connectivity index (χ3n) is 5.69. The van der Waals surface area contributed by atoms with Crippen LogP contribution in [0.1, 0.15) is 42.3 Å². The minimum absolute atomic E-state index is 0.0159. The molecule has 0 amide bonds. The number of fused-ring (bicyclic) bond motifs is 3. The third kappa shape index (κ3) is 3.44. The number of hydrazone groups is 1. The van der Waals surface area contributed by atoms with Crippen LogP contribution < -0.4 is 14.2 Å². The molecule has 1 N–H and O–H groups in total. The lowest BCUT2D eigenvalue weighted by Gasteiger charge is -2.38. The van der Waals surface area contributed by atoms with Crippen LogP contribution in [-0.2, 0) is 0 Å². The van der Waals surface area contributed by atoms with Crippen LogP contribution in [-0.4, -0.2) is 29.5 Å². The minimum atomic E-state index is -0.374. The van der Waals surface area contributed by atoms with E-state index in [4.69, 9.17) is 19.3 Å². The zero-order chi connectivity index (χ0) is 21.4. The Hall–Kier alpha value is -3.67. The monoisotopic (exact) mass is 416 g/mol. The molecule has 0 fully saturated rings. The molecule has 6 nitrogen and oxygen atoms in total. The van der Waals surface area contributed by atoms with Gasteiger partial charge in [0, 0.05) is 23.1 Å². The second-order valence-electron chi connectivity index (χ2n) is 7.54. The molecule has 0 saturated heterocycles. The Balaban J connectivity index is 1.56. The van der Waals surface area contributed by atoms with Crippen molar-refractivity contribution in [2.24, 2.45) is 5.10 Å². The summed E-state index contributed by atoms with van der Waals surface area (Å²) in [6, 6.07) is 21.2. The largest absolute Gasteiger partial charge is 0.507 e. The summed E-state index contributed by atoms with van der Waals surface area (Å²) in [5.41, 5.74) is 3.56. The maximum absolute atomic E-state index is 10.5. The molecule has 3 aromatic carbocycles. The van der Waals surface area contributed by atoms with Gasteiger partial charge in [-0.1, -0.05) is 18.2 Å². The number of phenolic OH excluding ortho intramolecular Hbond substituents is 1. The summed E-state index contributed by atoms with van der Waals surface area (Å²) in [4.78, 5) is 0. The first-order valence-corrected chi connectivity index (χ1v) is 10.4. The summed E-state index contributed by atoms with van der Waals surface area (Å²) in [7, 11) is 1.61. The molecule has 2 aliphatic rings. The number of phenols is 1. The van der Waals surface area contributed by atoms with Gasteiger partial charge >= 0.3 is 0 Å². The molecular formula is C25H24N2O4. The van der Waals surface area contributed by atoms with Crippen molar-refractivity contribution in [2.75, 3.05) is 13.7 Å². The van der Waals surface area contributed by atoms with Crippen molar-refractivity contribution < 1.29 is 19.3 Å². The number of hydrogen-bond acceptors (Lipinski definition) is 6. The second-order valence-corrected chi connectivity index (χ2v) is 7.54. The van der Waals surface area contributed by atoms with Crippen molar-refractivity contribution in [1.29, 1.82) is 0 Å². The molecular weight excluding hydrogens is 392 g/mol. The topological polar surface area (TPSA) is 63.5 Å². The number of aromatic hydroxyl groups is 1. The predicted octanol–water partition coefficient (Wildman–Crippen LogP) is 5.04. The van der Waals surface area contributed by atoms with Crippen LogP contribution >= 0.6 is 0 Å². The molecule has 5 rings (SSSR count). The van der Waals surface area contributed by atoms with Crippen LogP contribution in [0.25, 0.3) is 0 Å². The molecule has 0 aromatic heterocycles. The van der Waals surface area contributed by atoms with Gasteiger partial charge in [-0.15, -0.1) is 0 Å². The highest BCUT2D eigenvalue weighted by Crippen LogP contribution is 2.48. The first kappa shape index (κ1) is 19.3. The highest BCUT2D eigenvalue weighted by Gasteiger charge is 2.41. The van der Waals surface area contributed by atoms with Gasteiger partial charge in [0.25, 0.3) is 0 Å². The Kier molecular flexibility index (Phi) is 4.90. The van der Waals surface area contributed by atoms with Gasteiger partial charge < -0.3 is 19.3 Å². The van der Waals surface area contributed by atoms with Crippen LogP contribution in [0.5, 0.6) is 23.0 Å². The number of ether oxygens (including phenoxy) is 3. The quantitative estimate of drug-likeness (QED) is 0.631. The van der Waals surface area contributed by atoms with E-state index in [0.29, 0.717) is 24.3 Å². The molecule has 0 saturated carbocycles. The Bertz CT molecular complexity index is 1130. The van der Waals surface area contributed by atoms with E-state index in [0.717, 1.165) is 28.3 Å². The molecule has 0 unspecified atom stereocenters. The summed E-state index contributed by atoms with van der Waals surface area (Å²) in [6.07, 6.45) is 0.287. The molecule has 158 valence electrons. The SMILES string of the molecule is CCOc1ccc([C@H]2Oc3ccccc3[C@H]3CC(c4cc(OC)ccc4O)=NN32)cc1. The van der Waals surface area contributed by atoms with E-state index in [1.165, 1.54) is 0 Å². The summed E-state index contributed by atoms with van der Waals surface area (Å²) < 4.78 is 17.3. The van der Waals surface area contributed by atoms with Crippen LogP contribution in [0, 0.1) is 0 Å². The zero-order valence-corrected chi connectivity index (χ0v) is 17.5. The van der Waals surface area contributed by atoms with Crippen LogP contribution in [0.4, 0.5) is 0 Å². The van der Waals surface area contributed by atoms with E-state index in [1.807, 2.05) is 60.5 Å². The average Bonchev–Trinajstić information content (AvgIpc) is 3.25. The minimum Gasteiger partial charge on any atom is -0.507 e. The molecule has 2 atom stereocenters. The molecule has 2 aliphatic heterocycles. The predicted molar refractivity (Wildman–Crippen MR) is 118 cm³/mol. The molecule has 0 spiro atoms. The van der Waals surface area contributed by atoms with Crippen molar-refractivity contribution in [3.63, 3.8) is 0 Å². The molecule has 0 bridgehead atoms. The maximum atomic E-state index is 10.5. The van der Waals surface area contributed by atoms with Gasteiger partial charge in [-0.25, -0.2) is 5.01 Å². The number of rotatable bonds is 5. The standard InChI is InChI=1S/C25H24N2O4/c1-3-30-17-10-8-16(9-11-17)25-27-22(19-6-4-5-7-24(19)31-25)15-21(26-27)20-14-18(29-2)12-13-23(20)28/h4-14,22,25,28H,3,15H2,1-2H3/t22-,25-/m1/s1. The van der Waals surface area contributed by atoms with Gasteiger partial charge in [0.1, 0.15) is 23.0 Å². The van der Waals surface area contributed by atoms with Gasteiger partial charge in [-0.05, 0) is 55.5 Å². The fourth-order valence-corrected chi connectivity index (χ4v) is 4.19. The van der Waals surface area contributed by atoms with E-state index in [9.17, 15) is 5.11 Å². The van der Waals surface area contributed by atoms with Crippen LogP contribution in [0.15, 0.2) is 71.8 Å². The van der Waals surface area contributed by atoms with Gasteiger partial charge in [0.05, 0.1) is 25.5 Å². The fourth-order valence-electron chi connectivity index (χ4n) is 4.19. The van der Waals surface area contributed by atoms with E-state index in [-0.39, 0.29) is 18.0 Å². The van der Waals surface area contributed by atoms with Crippen molar-refractivity contribution in [2.45, 2.75) is 25.6 Å². The Morgan fingerprint density at radius 1 is 1.06 bits per heavy atom. The fraction of sp³-hybridized carbons (Fsp3) is 0.240. The third-order valence-corrected chi connectivity index (χ3v) is 5.69. The molecule has 31 heavy (non-hydrogen) atoms. The average molecular weight is 416 g/mol. The van der Waals surface area contributed by atoms with E-state index in [2.05, 4.69) is 6.07 Å². The molecule has 2 heterocycles.